The Kier molecular flexibility index (Phi) is 3.08. The average molecular weight is 307 g/mol. The van der Waals surface area contributed by atoms with Gasteiger partial charge < -0.3 is 14.0 Å². The number of rotatable bonds is 3. The molecule has 0 bridgehead atoms. The van der Waals surface area contributed by atoms with Crippen molar-refractivity contribution in [2.45, 2.75) is 0 Å². The summed E-state index contributed by atoms with van der Waals surface area (Å²) in [5.74, 6) is -0.480. The van der Waals surface area contributed by atoms with Gasteiger partial charge in [0.25, 0.3) is 0 Å². The van der Waals surface area contributed by atoms with Gasteiger partial charge in [0.05, 0.1) is 18.1 Å². The summed E-state index contributed by atoms with van der Waals surface area (Å²) in [7, 11) is 1.31. The lowest BCUT2D eigenvalue weighted by Gasteiger charge is -2.08. The van der Waals surface area contributed by atoms with Crippen LogP contribution in [0.15, 0.2) is 53.9 Å². The van der Waals surface area contributed by atoms with Crippen LogP contribution in [0.4, 0.5) is 0 Å². The molecule has 1 aromatic carbocycles. The molecule has 0 saturated heterocycles. The van der Waals surface area contributed by atoms with Crippen LogP contribution in [-0.2, 0) is 14.4 Å². The van der Waals surface area contributed by atoms with E-state index in [1.165, 1.54) is 7.11 Å². The number of pyridine rings is 2. The van der Waals surface area contributed by atoms with E-state index in [0.717, 1.165) is 27.3 Å². The smallest absolute Gasteiger partial charge is 0.346 e. The van der Waals surface area contributed by atoms with E-state index in [2.05, 4.69) is 14.9 Å². The number of aromatic nitrogens is 2. The van der Waals surface area contributed by atoms with Crippen LogP contribution >= 0.6 is 0 Å². The third-order valence-corrected chi connectivity index (χ3v) is 3.81. The van der Waals surface area contributed by atoms with Gasteiger partial charge in [-0.3, -0.25) is 4.98 Å². The number of esters is 1. The molecule has 0 aliphatic rings. The summed E-state index contributed by atoms with van der Waals surface area (Å²) in [4.78, 5) is 20.8. The Morgan fingerprint density at radius 3 is 2.96 bits per heavy atom. The summed E-state index contributed by atoms with van der Waals surface area (Å²) in [6.07, 6.45) is 3.71. The minimum atomic E-state index is -0.480. The first-order valence-corrected chi connectivity index (χ1v) is 7.12. The molecule has 0 fully saturated rings. The molecular formula is C17H13N3O3. The Hall–Kier alpha value is -3.15. The number of ether oxygens (including phenoxy) is 1. The highest BCUT2D eigenvalue weighted by atomic mass is 16.6. The zero-order valence-electron chi connectivity index (χ0n) is 12.4. The number of benzene rings is 1. The molecule has 23 heavy (non-hydrogen) atoms. The highest BCUT2D eigenvalue weighted by Gasteiger charge is 2.11. The maximum atomic E-state index is 11.2. The maximum Gasteiger partial charge on any atom is 0.346 e. The first-order valence-electron chi connectivity index (χ1n) is 7.12. The third kappa shape index (κ3) is 2.07. The molecule has 4 rings (SSSR count). The Bertz CT molecular complexity index is 1080. The van der Waals surface area contributed by atoms with Gasteiger partial charge in [-0.2, -0.15) is 0 Å². The second kappa shape index (κ2) is 5.24. The number of fused-ring (bicyclic) bond motifs is 2. The molecule has 6 heteroatoms. The molecule has 0 unspecified atom stereocenters. The molecule has 4 aromatic rings. The van der Waals surface area contributed by atoms with Gasteiger partial charge in [0.15, 0.2) is 5.36 Å². The third-order valence-electron chi connectivity index (χ3n) is 3.81. The summed E-state index contributed by atoms with van der Waals surface area (Å²) < 4.78 is 6.59. The Labute approximate surface area is 130 Å². The molecule has 0 saturated carbocycles. The van der Waals surface area contributed by atoms with E-state index in [4.69, 9.17) is 4.84 Å². The second-order valence-corrected chi connectivity index (χ2v) is 5.09. The predicted octanol–water partition coefficient (Wildman–Crippen LogP) is 2.08. The lowest BCUT2D eigenvalue weighted by molar-refractivity contribution is -0.146. The summed E-state index contributed by atoms with van der Waals surface area (Å²) in [5.41, 5.74) is 2.67. The number of hydrogen-bond acceptors (Lipinski definition) is 5. The zero-order valence-corrected chi connectivity index (χ0v) is 12.4. The highest BCUT2D eigenvalue weighted by molar-refractivity contribution is 6.08. The van der Waals surface area contributed by atoms with Crippen molar-refractivity contribution in [2.24, 2.45) is 5.16 Å². The summed E-state index contributed by atoms with van der Waals surface area (Å²) >= 11 is 0. The fraction of sp³-hybridized carbons (Fsp3) is 0.118. The van der Waals surface area contributed by atoms with E-state index in [9.17, 15) is 4.79 Å². The zero-order chi connectivity index (χ0) is 15.8. The molecule has 0 N–H and O–H groups in total. The number of hydrogen-bond donors (Lipinski definition) is 0. The van der Waals surface area contributed by atoms with Crippen LogP contribution in [0.1, 0.15) is 0 Å². The van der Waals surface area contributed by atoms with E-state index < -0.39 is 5.97 Å². The Morgan fingerprint density at radius 1 is 1.22 bits per heavy atom. The van der Waals surface area contributed by atoms with Gasteiger partial charge in [-0.1, -0.05) is 17.3 Å². The van der Waals surface area contributed by atoms with Gasteiger partial charge in [-0.25, -0.2) is 4.79 Å². The van der Waals surface area contributed by atoms with Crippen LogP contribution in [0, 0.1) is 0 Å². The van der Waals surface area contributed by atoms with Crippen LogP contribution in [0.25, 0.3) is 27.3 Å². The van der Waals surface area contributed by atoms with Gasteiger partial charge in [0.1, 0.15) is 5.52 Å². The molecule has 114 valence electrons. The minimum Gasteiger partial charge on any atom is -0.466 e. The summed E-state index contributed by atoms with van der Waals surface area (Å²) in [5, 5.41) is 6.83. The lowest BCUT2D eigenvalue weighted by Crippen LogP contribution is -2.14. The molecule has 0 aliphatic carbocycles. The van der Waals surface area contributed by atoms with Crippen molar-refractivity contribution in [3.05, 3.63) is 54.1 Å². The quantitative estimate of drug-likeness (QED) is 0.429. The van der Waals surface area contributed by atoms with E-state index in [-0.39, 0.29) is 6.61 Å². The van der Waals surface area contributed by atoms with Crippen LogP contribution in [0.2, 0.25) is 0 Å². The molecule has 0 atom stereocenters. The van der Waals surface area contributed by atoms with Gasteiger partial charge in [-0.05, 0) is 29.7 Å². The van der Waals surface area contributed by atoms with Crippen molar-refractivity contribution < 1.29 is 14.4 Å². The monoisotopic (exact) mass is 307 g/mol. The Balaban J connectivity index is 2.05. The molecule has 3 heterocycles. The second-order valence-electron chi connectivity index (χ2n) is 5.09. The number of methoxy groups -OCH3 is 1. The van der Waals surface area contributed by atoms with Crippen molar-refractivity contribution in [1.82, 2.24) is 9.38 Å². The van der Waals surface area contributed by atoms with Crippen LogP contribution in [0.3, 0.4) is 0 Å². The summed E-state index contributed by atoms with van der Waals surface area (Å²) in [6, 6.07) is 11.9. The van der Waals surface area contributed by atoms with Gasteiger partial charge in [-0.15, -0.1) is 0 Å². The van der Waals surface area contributed by atoms with Crippen molar-refractivity contribution >= 4 is 33.3 Å². The first kappa shape index (κ1) is 13.5. The largest absolute Gasteiger partial charge is 0.466 e. The fourth-order valence-electron chi connectivity index (χ4n) is 2.80. The molecular weight excluding hydrogens is 294 g/mol. The number of carbonyl (C=O) groups is 1. The van der Waals surface area contributed by atoms with Gasteiger partial charge >= 0.3 is 5.97 Å². The lowest BCUT2D eigenvalue weighted by atomic mass is 10.1. The number of nitrogens with zero attached hydrogens (tertiary/aromatic N) is 3. The normalized spacial score (nSPS) is 12.3. The van der Waals surface area contributed by atoms with E-state index >= 15 is 0 Å². The molecule has 6 nitrogen and oxygen atoms in total. The maximum absolute atomic E-state index is 11.2. The van der Waals surface area contributed by atoms with Crippen LogP contribution in [-0.4, -0.2) is 29.1 Å². The molecule has 0 amide bonds. The minimum absolute atomic E-state index is 0.238. The van der Waals surface area contributed by atoms with Crippen molar-refractivity contribution in [3.8, 4) is 0 Å². The Morgan fingerprint density at radius 2 is 2.09 bits per heavy atom. The van der Waals surface area contributed by atoms with Crippen molar-refractivity contribution in [1.29, 1.82) is 0 Å². The SMILES string of the molecule is COC(=O)CO/N=c1/c2nccc3cccc(c32)n2cccc12. The highest BCUT2D eigenvalue weighted by Crippen LogP contribution is 2.24. The molecule has 0 radical (unpaired) electrons. The van der Waals surface area contributed by atoms with E-state index in [1.54, 1.807) is 6.20 Å². The van der Waals surface area contributed by atoms with Gasteiger partial charge in [0.2, 0.25) is 6.61 Å². The predicted molar refractivity (Wildman–Crippen MR) is 84.9 cm³/mol. The van der Waals surface area contributed by atoms with Gasteiger partial charge in [0, 0.05) is 17.8 Å². The van der Waals surface area contributed by atoms with E-state index in [1.807, 2.05) is 47.0 Å². The van der Waals surface area contributed by atoms with Crippen LogP contribution in [0.5, 0.6) is 0 Å². The number of carbonyl (C=O) groups excluding carboxylic acids is 1. The van der Waals surface area contributed by atoms with E-state index in [0.29, 0.717) is 5.36 Å². The summed E-state index contributed by atoms with van der Waals surface area (Å²) in [6.45, 7) is -0.238. The molecule has 0 spiro atoms. The average Bonchev–Trinajstić information content (AvgIpc) is 3.07. The topological polar surface area (TPSA) is 65.2 Å². The molecule has 0 aliphatic heterocycles. The van der Waals surface area contributed by atoms with Crippen LogP contribution < -0.4 is 5.36 Å². The fourth-order valence-corrected chi connectivity index (χ4v) is 2.80. The standard InChI is InChI=1S/C17H13N3O3/c1-22-14(21)10-23-19-16-13-6-3-9-20(13)12-5-2-4-11-7-8-18-17(16)15(11)12/h2-9H,10H2,1H3/b19-16+. The van der Waals surface area contributed by atoms with Crippen molar-refractivity contribution in [3.63, 3.8) is 0 Å². The molecule has 3 aromatic heterocycles. The van der Waals surface area contributed by atoms with Crippen molar-refractivity contribution in [2.75, 3.05) is 13.7 Å². The first-order chi connectivity index (χ1) is 11.3.